The number of sulfonamides is 1. The lowest BCUT2D eigenvalue weighted by atomic mass is 10.2. The van der Waals surface area contributed by atoms with E-state index in [0.29, 0.717) is 18.5 Å². The second-order valence-electron chi connectivity index (χ2n) is 6.20. The molecule has 146 valence electrons. The van der Waals surface area contributed by atoms with Crippen LogP contribution in [0.3, 0.4) is 0 Å². The van der Waals surface area contributed by atoms with Crippen LogP contribution in [0.25, 0.3) is 5.69 Å². The van der Waals surface area contributed by atoms with Gasteiger partial charge in [0.25, 0.3) is 0 Å². The Morgan fingerprint density at radius 1 is 1.07 bits per heavy atom. The Bertz CT molecular complexity index is 1030. The molecular weight excluding hydrogens is 376 g/mol. The molecule has 1 amide bonds. The minimum Gasteiger partial charge on any atom is -0.326 e. The van der Waals surface area contributed by atoms with Gasteiger partial charge in [0.15, 0.2) is 0 Å². The van der Waals surface area contributed by atoms with Gasteiger partial charge < -0.3 is 5.32 Å². The summed E-state index contributed by atoms with van der Waals surface area (Å²) in [6.07, 6.45) is 4.50. The summed E-state index contributed by atoms with van der Waals surface area (Å²) in [5, 5.41) is 6.99. The molecule has 0 radical (unpaired) electrons. The number of nitrogens with one attached hydrogen (secondary N) is 2. The molecule has 0 saturated carbocycles. The van der Waals surface area contributed by atoms with E-state index in [1.165, 1.54) is 12.1 Å². The standard InChI is InChI=1S/C20H22N4O3S/c1-2-20(25)23-17-8-10-19(11-9-17)28(26,27)22-13-12-16-14-21-24(15-16)18-6-4-3-5-7-18/h3-11,14-15,22H,2,12-13H2,1H3,(H,23,25). The summed E-state index contributed by atoms with van der Waals surface area (Å²) in [6, 6.07) is 15.8. The van der Waals surface area contributed by atoms with E-state index in [1.54, 1.807) is 29.9 Å². The second kappa shape index (κ2) is 8.81. The summed E-state index contributed by atoms with van der Waals surface area (Å²) in [5.41, 5.74) is 2.45. The van der Waals surface area contributed by atoms with Crippen LogP contribution in [0.5, 0.6) is 0 Å². The maximum Gasteiger partial charge on any atom is 0.240 e. The van der Waals surface area contributed by atoms with Gasteiger partial charge in [0, 0.05) is 24.8 Å². The molecule has 0 atom stereocenters. The molecule has 28 heavy (non-hydrogen) atoms. The van der Waals surface area contributed by atoms with Gasteiger partial charge in [-0.15, -0.1) is 0 Å². The van der Waals surface area contributed by atoms with Crippen LogP contribution >= 0.6 is 0 Å². The van der Waals surface area contributed by atoms with Crippen molar-refractivity contribution in [3.05, 3.63) is 72.6 Å². The lowest BCUT2D eigenvalue weighted by molar-refractivity contribution is -0.115. The van der Waals surface area contributed by atoms with E-state index < -0.39 is 10.0 Å². The molecule has 2 aromatic carbocycles. The van der Waals surface area contributed by atoms with E-state index in [1.807, 2.05) is 36.5 Å². The zero-order valence-electron chi connectivity index (χ0n) is 15.5. The Labute approximate surface area is 164 Å². The number of amides is 1. The van der Waals surface area contributed by atoms with Gasteiger partial charge in [-0.2, -0.15) is 5.10 Å². The van der Waals surface area contributed by atoms with Crippen molar-refractivity contribution in [2.45, 2.75) is 24.7 Å². The van der Waals surface area contributed by atoms with Crippen molar-refractivity contribution < 1.29 is 13.2 Å². The molecule has 0 fully saturated rings. The van der Waals surface area contributed by atoms with E-state index in [2.05, 4.69) is 15.1 Å². The van der Waals surface area contributed by atoms with E-state index >= 15 is 0 Å². The van der Waals surface area contributed by atoms with Crippen LogP contribution in [0.4, 0.5) is 5.69 Å². The molecule has 0 aliphatic rings. The number of para-hydroxylation sites is 1. The summed E-state index contributed by atoms with van der Waals surface area (Å²) in [7, 11) is -3.62. The molecule has 2 N–H and O–H groups in total. The normalized spacial score (nSPS) is 11.3. The molecule has 0 spiro atoms. The van der Waals surface area contributed by atoms with Crippen LogP contribution in [0.2, 0.25) is 0 Å². The minimum absolute atomic E-state index is 0.121. The van der Waals surface area contributed by atoms with E-state index in [9.17, 15) is 13.2 Å². The van der Waals surface area contributed by atoms with Gasteiger partial charge in [-0.1, -0.05) is 25.1 Å². The van der Waals surface area contributed by atoms with Gasteiger partial charge in [-0.25, -0.2) is 17.8 Å². The van der Waals surface area contributed by atoms with Crippen molar-refractivity contribution in [2.24, 2.45) is 0 Å². The SMILES string of the molecule is CCC(=O)Nc1ccc(S(=O)(=O)NCCc2cnn(-c3ccccc3)c2)cc1. The highest BCUT2D eigenvalue weighted by molar-refractivity contribution is 7.89. The number of hydrogen-bond donors (Lipinski definition) is 2. The van der Waals surface area contributed by atoms with Crippen molar-refractivity contribution in [3.8, 4) is 5.69 Å². The maximum absolute atomic E-state index is 12.4. The molecule has 0 unspecified atom stereocenters. The van der Waals surface area contributed by atoms with Gasteiger partial charge in [-0.3, -0.25) is 4.79 Å². The van der Waals surface area contributed by atoms with Crippen LogP contribution in [0.1, 0.15) is 18.9 Å². The summed E-state index contributed by atoms with van der Waals surface area (Å²) >= 11 is 0. The predicted octanol–water partition coefficient (Wildman–Crippen LogP) is 2.74. The first-order valence-electron chi connectivity index (χ1n) is 8.96. The van der Waals surface area contributed by atoms with Gasteiger partial charge in [-0.05, 0) is 48.4 Å². The van der Waals surface area contributed by atoms with Crippen molar-refractivity contribution in [1.82, 2.24) is 14.5 Å². The van der Waals surface area contributed by atoms with E-state index in [-0.39, 0.29) is 17.3 Å². The van der Waals surface area contributed by atoms with Crippen LogP contribution in [-0.2, 0) is 21.2 Å². The number of hydrogen-bond acceptors (Lipinski definition) is 4. The van der Waals surface area contributed by atoms with Gasteiger partial charge in [0.05, 0.1) is 16.8 Å². The Kier molecular flexibility index (Phi) is 6.23. The quantitative estimate of drug-likeness (QED) is 0.610. The molecule has 3 aromatic rings. The number of benzene rings is 2. The van der Waals surface area contributed by atoms with Crippen molar-refractivity contribution >= 4 is 21.6 Å². The summed E-state index contributed by atoms with van der Waals surface area (Å²) in [4.78, 5) is 11.5. The maximum atomic E-state index is 12.4. The fourth-order valence-electron chi connectivity index (χ4n) is 2.59. The molecule has 1 aromatic heterocycles. The third-order valence-corrected chi connectivity index (χ3v) is 5.61. The van der Waals surface area contributed by atoms with Crippen molar-refractivity contribution in [2.75, 3.05) is 11.9 Å². The fraction of sp³-hybridized carbons (Fsp3) is 0.200. The molecule has 1 heterocycles. The van der Waals surface area contributed by atoms with E-state index in [4.69, 9.17) is 0 Å². The minimum atomic E-state index is -3.62. The van der Waals surface area contributed by atoms with Crippen LogP contribution in [-0.4, -0.2) is 30.7 Å². The lowest BCUT2D eigenvalue weighted by Gasteiger charge is -2.08. The van der Waals surface area contributed by atoms with Gasteiger partial charge in [0.1, 0.15) is 0 Å². The Balaban J connectivity index is 1.57. The Morgan fingerprint density at radius 3 is 2.46 bits per heavy atom. The zero-order chi connectivity index (χ0) is 20.0. The van der Waals surface area contributed by atoms with Crippen LogP contribution in [0.15, 0.2) is 71.9 Å². The number of carbonyl (C=O) groups excluding carboxylic acids is 1. The third kappa shape index (κ3) is 5.05. The Morgan fingerprint density at radius 2 is 1.79 bits per heavy atom. The number of carbonyl (C=O) groups is 1. The molecule has 0 aliphatic carbocycles. The highest BCUT2D eigenvalue weighted by Gasteiger charge is 2.13. The molecular formula is C20H22N4O3S. The molecule has 0 bridgehead atoms. The van der Waals surface area contributed by atoms with Crippen LogP contribution in [0, 0.1) is 0 Å². The van der Waals surface area contributed by atoms with Crippen LogP contribution < -0.4 is 10.0 Å². The highest BCUT2D eigenvalue weighted by Crippen LogP contribution is 2.14. The summed E-state index contributed by atoms with van der Waals surface area (Å²) in [6.45, 7) is 2.01. The second-order valence-corrected chi connectivity index (χ2v) is 7.97. The number of nitrogens with zero attached hydrogens (tertiary/aromatic N) is 2. The topological polar surface area (TPSA) is 93.1 Å². The van der Waals surface area contributed by atoms with Crippen molar-refractivity contribution in [3.63, 3.8) is 0 Å². The highest BCUT2D eigenvalue weighted by atomic mass is 32.2. The largest absolute Gasteiger partial charge is 0.326 e. The average molecular weight is 398 g/mol. The van der Waals surface area contributed by atoms with Crippen molar-refractivity contribution in [1.29, 1.82) is 0 Å². The molecule has 0 aliphatic heterocycles. The first-order valence-corrected chi connectivity index (χ1v) is 10.4. The van der Waals surface area contributed by atoms with Gasteiger partial charge in [0.2, 0.25) is 15.9 Å². The Hall–Kier alpha value is -2.97. The number of aromatic nitrogens is 2. The smallest absolute Gasteiger partial charge is 0.240 e. The number of rotatable bonds is 8. The monoisotopic (exact) mass is 398 g/mol. The predicted molar refractivity (Wildman–Crippen MR) is 108 cm³/mol. The third-order valence-electron chi connectivity index (χ3n) is 4.13. The fourth-order valence-corrected chi connectivity index (χ4v) is 3.62. The van der Waals surface area contributed by atoms with E-state index in [0.717, 1.165) is 11.3 Å². The average Bonchev–Trinajstić information content (AvgIpc) is 3.18. The number of anilines is 1. The summed E-state index contributed by atoms with van der Waals surface area (Å²) in [5.74, 6) is -0.121. The molecule has 3 rings (SSSR count). The lowest BCUT2D eigenvalue weighted by Crippen LogP contribution is -2.26. The van der Waals surface area contributed by atoms with Gasteiger partial charge >= 0.3 is 0 Å². The molecule has 0 saturated heterocycles. The zero-order valence-corrected chi connectivity index (χ0v) is 16.3. The molecule has 7 nitrogen and oxygen atoms in total. The first-order chi connectivity index (χ1) is 13.5. The summed E-state index contributed by atoms with van der Waals surface area (Å²) < 4.78 is 29.2. The first kappa shape index (κ1) is 19.8. The molecule has 8 heteroatoms.